The molecule has 0 spiro atoms. The molecule has 2 N–H and O–H groups in total. The van der Waals surface area contributed by atoms with E-state index in [9.17, 15) is 4.79 Å². The van der Waals surface area contributed by atoms with Crippen molar-refractivity contribution in [2.75, 3.05) is 5.32 Å². The first-order chi connectivity index (χ1) is 12.2. The van der Waals surface area contributed by atoms with E-state index in [2.05, 4.69) is 27.9 Å². The summed E-state index contributed by atoms with van der Waals surface area (Å²) in [6, 6.07) is 17.9. The molecule has 5 nitrogen and oxygen atoms in total. The fraction of sp³-hybridized carbons (Fsp3) is 0.200. The highest BCUT2D eigenvalue weighted by atomic mass is 35.5. The molecule has 1 aliphatic rings. The number of benzene rings is 2. The van der Waals surface area contributed by atoms with E-state index in [1.54, 1.807) is 4.68 Å². The highest BCUT2D eigenvalue weighted by molar-refractivity contribution is 5.95. The van der Waals surface area contributed by atoms with Crippen LogP contribution in [0.1, 0.15) is 16.7 Å². The third kappa shape index (κ3) is 3.64. The van der Waals surface area contributed by atoms with E-state index in [4.69, 9.17) is 0 Å². The summed E-state index contributed by atoms with van der Waals surface area (Å²) in [5.74, 6) is 0.561. The topological polar surface area (TPSA) is 59.0 Å². The van der Waals surface area contributed by atoms with Gasteiger partial charge in [0.2, 0.25) is 5.91 Å². The molecular formula is C20H21ClN4O. The first-order valence-corrected chi connectivity index (χ1v) is 8.43. The molecule has 26 heavy (non-hydrogen) atoms. The summed E-state index contributed by atoms with van der Waals surface area (Å²) in [5, 5.41) is 10.8. The van der Waals surface area contributed by atoms with Gasteiger partial charge < -0.3 is 10.6 Å². The van der Waals surface area contributed by atoms with Crippen LogP contribution in [0.25, 0.3) is 5.69 Å². The van der Waals surface area contributed by atoms with Crippen LogP contribution in [0.5, 0.6) is 0 Å². The number of halogens is 1. The third-order valence-electron chi connectivity index (χ3n) is 4.56. The number of anilines is 1. The number of carbonyl (C=O) groups excluding carboxylic acids is 1. The van der Waals surface area contributed by atoms with E-state index in [0.717, 1.165) is 11.3 Å². The molecule has 4 rings (SSSR count). The molecule has 0 aliphatic carbocycles. The normalized spacial score (nSPS) is 15.7. The molecule has 2 aromatic carbocycles. The third-order valence-corrected chi connectivity index (χ3v) is 4.56. The van der Waals surface area contributed by atoms with Gasteiger partial charge in [0.25, 0.3) is 0 Å². The van der Waals surface area contributed by atoms with Gasteiger partial charge in [0, 0.05) is 18.3 Å². The summed E-state index contributed by atoms with van der Waals surface area (Å²) in [7, 11) is 0. The number of fused-ring (bicyclic) bond motifs is 1. The Morgan fingerprint density at radius 2 is 1.81 bits per heavy atom. The number of amides is 1. The van der Waals surface area contributed by atoms with Crippen molar-refractivity contribution in [1.29, 1.82) is 0 Å². The number of hydrogen-bond donors (Lipinski definition) is 2. The van der Waals surface area contributed by atoms with Crippen LogP contribution in [-0.2, 0) is 17.8 Å². The van der Waals surface area contributed by atoms with Crippen LogP contribution in [0.3, 0.4) is 0 Å². The average Bonchev–Trinajstić information content (AvgIpc) is 3.02. The Morgan fingerprint density at radius 3 is 2.58 bits per heavy atom. The molecule has 6 heteroatoms. The lowest BCUT2D eigenvalue weighted by Gasteiger charge is -2.25. The molecule has 3 aromatic rings. The fourth-order valence-electron chi connectivity index (χ4n) is 3.14. The van der Waals surface area contributed by atoms with E-state index in [1.807, 2.05) is 55.6 Å². The molecule has 0 fully saturated rings. The van der Waals surface area contributed by atoms with Crippen molar-refractivity contribution in [2.45, 2.75) is 25.9 Å². The van der Waals surface area contributed by atoms with Crippen molar-refractivity contribution in [3.05, 3.63) is 77.5 Å². The number of carbonyl (C=O) groups is 1. The minimum atomic E-state index is -0.240. The molecule has 0 saturated carbocycles. The number of aryl methyl sites for hydroxylation is 1. The van der Waals surface area contributed by atoms with Gasteiger partial charge in [-0.05, 0) is 36.6 Å². The monoisotopic (exact) mass is 368 g/mol. The Kier molecular flexibility index (Phi) is 5.40. The minimum absolute atomic E-state index is 0. The van der Waals surface area contributed by atoms with Crippen LogP contribution in [0.15, 0.2) is 60.8 Å². The first kappa shape index (κ1) is 18.2. The average molecular weight is 369 g/mol. The van der Waals surface area contributed by atoms with Gasteiger partial charge in [0.05, 0.1) is 11.7 Å². The summed E-state index contributed by atoms with van der Waals surface area (Å²) in [6.07, 6.45) is 2.62. The second-order valence-corrected chi connectivity index (χ2v) is 6.34. The van der Waals surface area contributed by atoms with Crippen molar-refractivity contribution in [2.24, 2.45) is 0 Å². The lowest BCUT2D eigenvalue weighted by Crippen LogP contribution is -2.44. The Hall–Kier alpha value is -2.63. The van der Waals surface area contributed by atoms with E-state index in [1.165, 1.54) is 11.1 Å². The molecular weight excluding hydrogens is 348 g/mol. The fourth-order valence-corrected chi connectivity index (χ4v) is 3.14. The number of nitrogens with zero attached hydrogens (tertiary/aromatic N) is 2. The van der Waals surface area contributed by atoms with Gasteiger partial charge in [-0.3, -0.25) is 4.79 Å². The van der Waals surface area contributed by atoms with Gasteiger partial charge in [0.15, 0.2) is 5.82 Å². The van der Waals surface area contributed by atoms with Crippen molar-refractivity contribution >= 4 is 24.1 Å². The van der Waals surface area contributed by atoms with E-state index in [-0.39, 0.29) is 24.4 Å². The predicted molar refractivity (Wildman–Crippen MR) is 105 cm³/mol. The van der Waals surface area contributed by atoms with Gasteiger partial charge >= 0.3 is 0 Å². The summed E-state index contributed by atoms with van der Waals surface area (Å²) < 4.78 is 1.79. The smallest absolute Gasteiger partial charge is 0.243 e. The number of para-hydroxylation sites is 1. The van der Waals surface area contributed by atoms with Crippen molar-refractivity contribution in [1.82, 2.24) is 15.1 Å². The van der Waals surface area contributed by atoms with E-state index in [0.29, 0.717) is 18.8 Å². The maximum Gasteiger partial charge on any atom is 0.243 e. The van der Waals surface area contributed by atoms with Crippen LogP contribution in [-0.4, -0.2) is 21.7 Å². The van der Waals surface area contributed by atoms with Crippen LogP contribution >= 0.6 is 12.4 Å². The summed E-state index contributed by atoms with van der Waals surface area (Å²) >= 11 is 0. The quantitative estimate of drug-likeness (QED) is 0.746. The SMILES string of the molecule is Cc1cn(-c2ccccc2)nc1NC(=O)C1Cc2ccccc2CN1.Cl. The molecule has 1 atom stereocenters. The first-order valence-electron chi connectivity index (χ1n) is 8.43. The van der Waals surface area contributed by atoms with Gasteiger partial charge in [-0.25, -0.2) is 4.68 Å². The predicted octanol–water partition coefficient (Wildman–Crippen LogP) is 3.26. The highest BCUT2D eigenvalue weighted by Gasteiger charge is 2.24. The number of aromatic nitrogens is 2. The van der Waals surface area contributed by atoms with Gasteiger partial charge in [-0.2, -0.15) is 0 Å². The number of nitrogens with one attached hydrogen (secondary N) is 2. The Labute approximate surface area is 158 Å². The molecule has 134 valence electrons. The highest BCUT2D eigenvalue weighted by Crippen LogP contribution is 2.19. The molecule has 1 aromatic heterocycles. The van der Waals surface area contributed by atoms with Gasteiger partial charge in [0.1, 0.15) is 0 Å². The van der Waals surface area contributed by atoms with Crippen molar-refractivity contribution < 1.29 is 4.79 Å². The molecule has 1 aliphatic heterocycles. The second-order valence-electron chi connectivity index (χ2n) is 6.34. The number of hydrogen-bond acceptors (Lipinski definition) is 3. The van der Waals surface area contributed by atoms with Crippen molar-refractivity contribution in [3.63, 3.8) is 0 Å². The minimum Gasteiger partial charge on any atom is -0.308 e. The molecule has 0 saturated heterocycles. The zero-order chi connectivity index (χ0) is 17.2. The van der Waals surface area contributed by atoms with Gasteiger partial charge in [-0.15, -0.1) is 17.5 Å². The lowest BCUT2D eigenvalue weighted by atomic mass is 9.95. The van der Waals surface area contributed by atoms with E-state index < -0.39 is 0 Å². The second kappa shape index (κ2) is 7.72. The van der Waals surface area contributed by atoms with Crippen LogP contribution in [0.2, 0.25) is 0 Å². The lowest BCUT2D eigenvalue weighted by molar-refractivity contribution is -0.118. The summed E-state index contributed by atoms with van der Waals surface area (Å²) in [5.41, 5.74) is 4.40. The van der Waals surface area contributed by atoms with E-state index >= 15 is 0 Å². The largest absolute Gasteiger partial charge is 0.308 e. The molecule has 0 bridgehead atoms. The van der Waals surface area contributed by atoms with Gasteiger partial charge in [-0.1, -0.05) is 42.5 Å². The number of rotatable bonds is 3. The van der Waals surface area contributed by atoms with Crippen LogP contribution in [0, 0.1) is 6.92 Å². The molecule has 0 radical (unpaired) electrons. The summed E-state index contributed by atoms with van der Waals surface area (Å²) in [6.45, 7) is 2.66. The zero-order valence-electron chi connectivity index (χ0n) is 14.5. The Bertz CT molecular complexity index is 907. The maximum atomic E-state index is 12.7. The summed E-state index contributed by atoms with van der Waals surface area (Å²) in [4.78, 5) is 12.7. The van der Waals surface area contributed by atoms with Crippen LogP contribution < -0.4 is 10.6 Å². The molecule has 1 unspecified atom stereocenters. The zero-order valence-corrected chi connectivity index (χ0v) is 15.3. The van der Waals surface area contributed by atoms with Crippen LogP contribution in [0.4, 0.5) is 5.82 Å². The Morgan fingerprint density at radius 1 is 1.12 bits per heavy atom. The molecule has 1 amide bonds. The van der Waals surface area contributed by atoms with Crippen molar-refractivity contribution in [3.8, 4) is 5.69 Å². The standard InChI is InChI=1S/C20H20N4O.ClH/c1-14-13-24(17-9-3-2-4-10-17)23-19(14)22-20(25)18-11-15-7-5-6-8-16(15)12-21-18;/h2-10,13,18,21H,11-12H2,1H3,(H,22,23,25);1H. The Balaban J connectivity index is 0.00000196. The maximum absolute atomic E-state index is 12.7. The molecule has 2 heterocycles.